The van der Waals surface area contributed by atoms with Crippen LogP contribution in [0.2, 0.25) is 0 Å². The molecule has 0 amide bonds. The Morgan fingerprint density at radius 3 is 1.82 bits per heavy atom. The number of hydrogen-bond acceptors (Lipinski definition) is 0. The molecule has 0 saturated carbocycles. The second kappa shape index (κ2) is 8.52. The van der Waals surface area contributed by atoms with Crippen molar-refractivity contribution in [2.75, 3.05) is 26.2 Å². The lowest BCUT2D eigenvalue weighted by molar-refractivity contribution is -0.917. The highest BCUT2D eigenvalue weighted by Gasteiger charge is 2.18. The van der Waals surface area contributed by atoms with Gasteiger partial charge in [0.05, 0.1) is 26.2 Å². The first-order chi connectivity index (χ1) is 7.99. The molecule has 0 N–H and O–H groups in total. The summed E-state index contributed by atoms with van der Waals surface area (Å²) in [5.74, 6) is 0. The van der Waals surface area contributed by atoms with Crippen molar-refractivity contribution < 1.29 is 4.48 Å². The SMILES string of the molecule is CC[N+](CC)(CC)C/C=C(\C)CCC=C(C)C. The summed E-state index contributed by atoms with van der Waals surface area (Å²) in [5.41, 5.74) is 2.97. The Kier molecular flexibility index (Phi) is 8.24. The van der Waals surface area contributed by atoms with Crippen LogP contribution in [0.4, 0.5) is 0 Å². The van der Waals surface area contributed by atoms with E-state index < -0.39 is 0 Å². The van der Waals surface area contributed by atoms with Crippen LogP contribution in [0.25, 0.3) is 0 Å². The molecule has 0 aromatic rings. The summed E-state index contributed by atoms with van der Waals surface area (Å²) in [6, 6.07) is 0. The Balaban J connectivity index is 4.25. The van der Waals surface area contributed by atoms with E-state index in [1.807, 2.05) is 0 Å². The summed E-state index contributed by atoms with van der Waals surface area (Å²) in [6.07, 6.45) is 7.19. The van der Waals surface area contributed by atoms with Gasteiger partial charge in [0.2, 0.25) is 0 Å². The second-order valence-corrected chi connectivity index (χ2v) is 5.34. The molecule has 0 atom stereocenters. The van der Waals surface area contributed by atoms with Crippen LogP contribution in [-0.4, -0.2) is 30.7 Å². The van der Waals surface area contributed by atoms with Gasteiger partial charge in [-0.2, -0.15) is 0 Å². The van der Waals surface area contributed by atoms with Crippen molar-refractivity contribution >= 4 is 0 Å². The number of nitrogens with zero attached hydrogens (tertiary/aromatic N) is 1. The molecule has 0 aliphatic heterocycles. The smallest absolute Gasteiger partial charge is 0.0976 e. The fourth-order valence-electron chi connectivity index (χ4n) is 2.10. The van der Waals surface area contributed by atoms with Gasteiger partial charge in [-0.3, -0.25) is 0 Å². The van der Waals surface area contributed by atoms with E-state index in [1.54, 1.807) is 5.57 Å². The molecule has 0 saturated heterocycles. The van der Waals surface area contributed by atoms with Crippen molar-refractivity contribution in [1.82, 2.24) is 0 Å². The lowest BCUT2D eigenvalue weighted by Crippen LogP contribution is -2.47. The van der Waals surface area contributed by atoms with E-state index in [0.29, 0.717) is 0 Å². The molecular weight excluding hydrogens is 206 g/mol. The van der Waals surface area contributed by atoms with E-state index in [-0.39, 0.29) is 0 Å². The number of allylic oxidation sites excluding steroid dienone is 3. The van der Waals surface area contributed by atoms with Crippen LogP contribution in [0.15, 0.2) is 23.3 Å². The van der Waals surface area contributed by atoms with Gasteiger partial charge in [0.1, 0.15) is 0 Å². The predicted molar refractivity (Wildman–Crippen MR) is 79.2 cm³/mol. The van der Waals surface area contributed by atoms with Gasteiger partial charge in [0, 0.05) is 0 Å². The van der Waals surface area contributed by atoms with Crippen molar-refractivity contribution in [2.45, 2.75) is 54.4 Å². The van der Waals surface area contributed by atoms with Crippen molar-refractivity contribution in [2.24, 2.45) is 0 Å². The van der Waals surface area contributed by atoms with Crippen LogP contribution < -0.4 is 0 Å². The van der Waals surface area contributed by atoms with Gasteiger partial charge in [-0.1, -0.05) is 17.2 Å². The van der Waals surface area contributed by atoms with Crippen LogP contribution >= 0.6 is 0 Å². The number of hydrogen-bond donors (Lipinski definition) is 0. The van der Waals surface area contributed by atoms with E-state index >= 15 is 0 Å². The largest absolute Gasteiger partial charge is 0.321 e. The molecule has 0 unspecified atom stereocenters. The van der Waals surface area contributed by atoms with E-state index in [0.717, 1.165) is 0 Å². The number of quaternary nitrogens is 1. The predicted octanol–water partition coefficient (Wildman–Crippen LogP) is 4.56. The molecule has 0 spiro atoms. The van der Waals surface area contributed by atoms with E-state index in [1.165, 1.54) is 49.1 Å². The maximum absolute atomic E-state index is 2.45. The molecule has 0 radical (unpaired) electrons. The third-order valence-electron chi connectivity index (χ3n) is 3.93. The van der Waals surface area contributed by atoms with E-state index in [9.17, 15) is 0 Å². The molecule has 0 rings (SSSR count). The first-order valence-corrected chi connectivity index (χ1v) is 7.13. The van der Waals surface area contributed by atoms with E-state index in [2.05, 4.69) is 53.7 Å². The molecule has 17 heavy (non-hydrogen) atoms. The highest BCUT2D eigenvalue weighted by Crippen LogP contribution is 2.11. The van der Waals surface area contributed by atoms with Crippen LogP contribution in [0.1, 0.15) is 54.4 Å². The molecule has 0 fully saturated rings. The standard InChI is InChI=1S/C16H32N/c1-7-17(8-2,9-3)14-13-16(6)12-10-11-15(4)5/h11,13H,7-10,12,14H2,1-6H3/q+1/b16-13+. The first kappa shape index (κ1) is 16.4. The zero-order valence-corrected chi connectivity index (χ0v) is 12.8. The fraction of sp³-hybridized carbons (Fsp3) is 0.750. The molecule has 0 aromatic heterocycles. The van der Waals surface area contributed by atoms with Gasteiger partial charge >= 0.3 is 0 Å². The van der Waals surface area contributed by atoms with Crippen molar-refractivity contribution in [1.29, 1.82) is 0 Å². The van der Waals surface area contributed by atoms with Gasteiger partial charge in [-0.25, -0.2) is 0 Å². The zero-order chi connectivity index (χ0) is 13.3. The summed E-state index contributed by atoms with van der Waals surface area (Å²) in [6.45, 7) is 18.5. The minimum Gasteiger partial charge on any atom is -0.321 e. The van der Waals surface area contributed by atoms with Crippen LogP contribution in [0.5, 0.6) is 0 Å². The Bertz CT molecular complexity index is 244. The normalized spacial score (nSPS) is 12.7. The maximum Gasteiger partial charge on any atom is 0.0976 e. The van der Waals surface area contributed by atoms with Gasteiger partial charge in [-0.05, 0) is 60.5 Å². The summed E-state index contributed by atoms with van der Waals surface area (Å²) in [4.78, 5) is 0. The van der Waals surface area contributed by atoms with Crippen LogP contribution in [0, 0.1) is 0 Å². The molecular formula is C16H32N+. The summed E-state index contributed by atoms with van der Waals surface area (Å²) in [5, 5.41) is 0. The molecule has 0 aliphatic carbocycles. The average molecular weight is 238 g/mol. The third kappa shape index (κ3) is 6.68. The molecule has 1 nitrogen and oxygen atoms in total. The van der Waals surface area contributed by atoms with Gasteiger partial charge < -0.3 is 4.48 Å². The number of likely N-dealkylation sites (N-methyl/N-ethyl adjacent to an activating group) is 1. The average Bonchev–Trinajstić information content (AvgIpc) is 2.31. The monoisotopic (exact) mass is 238 g/mol. The summed E-state index contributed by atoms with van der Waals surface area (Å²) >= 11 is 0. The quantitative estimate of drug-likeness (QED) is 0.430. The highest BCUT2D eigenvalue weighted by molar-refractivity contribution is 5.02. The van der Waals surface area contributed by atoms with Crippen LogP contribution in [-0.2, 0) is 0 Å². The van der Waals surface area contributed by atoms with Crippen molar-refractivity contribution in [3.8, 4) is 0 Å². The van der Waals surface area contributed by atoms with Gasteiger partial charge in [0.25, 0.3) is 0 Å². The number of rotatable bonds is 8. The summed E-state index contributed by atoms with van der Waals surface area (Å²) < 4.78 is 1.22. The second-order valence-electron chi connectivity index (χ2n) is 5.34. The minimum atomic E-state index is 1.19. The first-order valence-electron chi connectivity index (χ1n) is 7.13. The third-order valence-corrected chi connectivity index (χ3v) is 3.93. The Labute approximate surface area is 109 Å². The molecule has 0 heterocycles. The van der Waals surface area contributed by atoms with Gasteiger partial charge in [0.15, 0.2) is 0 Å². The Morgan fingerprint density at radius 2 is 1.41 bits per heavy atom. The molecule has 100 valence electrons. The molecule has 0 aromatic carbocycles. The maximum atomic E-state index is 2.45. The minimum absolute atomic E-state index is 1.19. The highest BCUT2D eigenvalue weighted by atomic mass is 15.3. The van der Waals surface area contributed by atoms with Crippen molar-refractivity contribution in [3.05, 3.63) is 23.3 Å². The molecule has 1 heteroatoms. The molecule has 0 bridgehead atoms. The lowest BCUT2D eigenvalue weighted by Gasteiger charge is -2.34. The fourth-order valence-corrected chi connectivity index (χ4v) is 2.10. The van der Waals surface area contributed by atoms with E-state index in [4.69, 9.17) is 0 Å². The topological polar surface area (TPSA) is 0 Å². The lowest BCUT2D eigenvalue weighted by atomic mass is 10.1. The molecule has 0 aliphatic rings. The Morgan fingerprint density at radius 1 is 0.882 bits per heavy atom. The summed E-state index contributed by atoms with van der Waals surface area (Å²) in [7, 11) is 0. The Hall–Kier alpha value is -0.560. The van der Waals surface area contributed by atoms with Gasteiger partial charge in [-0.15, -0.1) is 0 Å². The zero-order valence-electron chi connectivity index (χ0n) is 12.8. The van der Waals surface area contributed by atoms with Crippen molar-refractivity contribution in [3.63, 3.8) is 0 Å². The van der Waals surface area contributed by atoms with Crippen LogP contribution in [0.3, 0.4) is 0 Å².